The second-order valence-corrected chi connectivity index (χ2v) is 7.67. The molecule has 1 aromatic heterocycles. The molecule has 0 fully saturated rings. The van der Waals surface area contributed by atoms with Gasteiger partial charge in [-0.2, -0.15) is 0 Å². The van der Waals surface area contributed by atoms with Crippen molar-refractivity contribution in [2.45, 2.75) is 0 Å². The van der Waals surface area contributed by atoms with Crippen LogP contribution < -0.4 is 0 Å². The second-order valence-electron chi connectivity index (χ2n) is 7.67. The summed E-state index contributed by atoms with van der Waals surface area (Å²) in [5, 5.41) is 0. The Labute approximate surface area is 189 Å². The maximum absolute atomic E-state index is 4.26. The lowest BCUT2D eigenvalue weighted by Gasteiger charge is -2.18. The molecule has 0 atom stereocenters. The van der Waals surface area contributed by atoms with Crippen LogP contribution in [0.15, 0.2) is 140 Å². The molecule has 0 spiro atoms. The fraction of sp³-hybridized carbons (Fsp3) is 0. The van der Waals surface area contributed by atoms with E-state index in [1.54, 1.807) is 6.20 Å². The molecule has 5 aromatic rings. The maximum atomic E-state index is 4.26. The smallest absolute Gasteiger partial charge is 0.0346 e. The monoisotopic (exact) mass is 409 g/mol. The van der Waals surface area contributed by atoms with Crippen molar-refractivity contribution in [3.8, 4) is 11.1 Å². The van der Waals surface area contributed by atoms with E-state index >= 15 is 0 Å². The molecule has 0 aliphatic rings. The van der Waals surface area contributed by atoms with Gasteiger partial charge in [-0.1, -0.05) is 121 Å². The number of rotatable bonds is 5. The van der Waals surface area contributed by atoms with Gasteiger partial charge in [-0.3, -0.25) is 4.98 Å². The van der Waals surface area contributed by atoms with Crippen LogP contribution >= 0.6 is 0 Å². The first-order chi connectivity index (χ1) is 15.9. The minimum absolute atomic E-state index is 1.12. The quantitative estimate of drug-likeness (QED) is 0.270. The summed E-state index contributed by atoms with van der Waals surface area (Å²) in [6, 6.07) is 44.8. The Morgan fingerprint density at radius 2 is 0.812 bits per heavy atom. The first kappa shape index (κ1) is 19.7. The number of benzene rings is 4. The molecular formula is C31H23N. The van der Waals surface area contributed by atoms with Crippen LogP contribution in [-0.4, -0.2) is 4.98 Å². The average Bonchev–Trinajstić information content (AvgIpc) is 2.89. The summed E-state index contributed by atoms with van der Waals surface area (Å²) in [7, 11) is 0. The van der Waals surface area contributed by atoms with Crippen molar-refractivity contribution in [3.63, 3.8) is 0 Å². The normalized spacial score (nSPS) is 10.5. The standard InChI is InChI=1S/C31H23N/c1-4-11-25(12-5-1)30(26-13-6-2-7-14-26)31(27-15-8-3-9-16-27)28-20-18-24(19-21-28)29-17-10-22-32-23-29/h1-23H. The van der Waals surface area contributed by atoms with Crippen molar-refractivity contribution in [1.29, 1.82) is 0 Å². The van der Waals surface area contributed by atoms with Crippen LogP contribution in [0.2, 0.25) is 0 Å². The third kappa shape index (κ3) is 4.14. The summed E-state index contributed by atoms with van der Waals surface area (Å²) in [5.41, 5.74) is 9.52. The third-order valence-corrected chi connectivity index (χ3v) is 5.61. The highest BCUT2D eigenvalue weighted by Gasteiger charge is 2.16. The zero-order chi connectivity index (χ0) is 21.6. The third-order valence-electron chi connectivity index (χ3n) is 5.61. The molecule has 1 heteroatoms. The predicted molar refractivity (Wildman–Crippen MR) is 134 cm³/mol. The molecule has 0 saturated heterocycles. The van der Waals surface area contributed by atoms with Crippen molar-refractivity contribution < 1.29 is 0 Å². The van der Waals surface area contributed by atoms with Gasteiger partial charge in [0.15, 0.2) is 0 Å². The lowest BCUT2D eigenvalue weighted by atomic mass is 9.85. The van der Waals surface area contributed by atoms with Crippen LogP contribution in [0.3, 0.4) is 0 Å². The molecule has 32 heavy (non-hydrogen) atoms. The number of nitrogens with zero attached hydrogens (tertiary/aromatic N) is 1. The zero-order valence-electron chi connectivity index (χ0n) is 17.7. The van der Waals surface area contributed by atoms with Crippen molar-refractivity contribution in [2.75, 3.05) is 0 Å². The topological polar surface area (TPSA) is 12.9 Å². The largest absolute Gasteiger partial charge is 0.264 e. The first-order valence-corrected chi connectivity index (χ1v) is 10.8. The molecule has 1 heterocycles. The van der Waals surface area contributed by atoms with Crippen molar-refractivity contribution in [1.82, 2.24) is 4.98 Å². The molecule has 0 unspecified atom stereocenters. The van der Waals surface area contributed by atoms with Crippen molar-refractivity contribution >= 4 is 11.1 Å². The van der Waals surface area contributed by atoms with Gasteiger partial charge in [0.2, 0.25) is 0 Å². The maximum Gasteiger partial charge on any atom is 0.0346 e. The molecule has 4 aromatic carbocycles. The summed E-state index contributed by atoms with van der Waals surface area (Å²) in [6.07, 6.45) is 3.71. The molecule has 0 aliphatic carbocycles. The first-order valence-electron chi connectivity index (χ1n) is 10.8. The van der Waals surface area contributed by atoms with E-state index in [2.05, 4.69) is 126 Å². The zero-order valence-corrected chi connectivity index (χ0v) is 17.7. The van der Waals surface area contributed by atoms with Gasteiger partial charge in [0.05, 0.1) is 0 Å². The van der Waals surface area contributed by atoms with Gasteiger partial charge in [0.25, 0.3) is 0 Å². The molecule has 5 rings (SSSR count). The lowest BCUT2D eigenvalue weighted by Crippen LogP contribution is -1.97. The number of aromatic nitrogens is 1. The Kier molecular flexibility index (Phi) is 5.72. The summed E-state index contributed by atoms with van der Waals surface area (Å²) >= 11 is 0. The van der Waals surface area contributed by atoms with Gasteiger partial charge in [-0.05, 0) is 50.6 Å². The molecule has 0 radical (unpaired) electrons. The van der Waals surface area contributed by atoms with Crippen molar-refractivity contribution in [2.24, 2.45) is 0 Å². The number of pyridine rings is 1. The Morgan fingerprint density at radius 3 is 1.22 bits per heavy atom. The summed E-state index contributed by atoms with van der Waals surface area (Å²) < 4.78 is 0. The summed E-state index contributed by atoms with van der Waals surface area (Å²) in [5.74, 6) is 0. The van der Waals surface area contributed by atoms with Gasteiger partial charge in [0.1, 0.15) is 0 Å². The molecule has 0 amide bonds. The molecule has 0 N–H and O–H groups in total. The summed E-state index contributed by atoms with van der Waals surface area (Å²) in [6.45, 7) is 0. The van der Waals surface area contributed by atoms with E-state index < -0.39 is 0 Å². The van der Waals surface area contributed by atoms with Crippen molar-refractivity contribution in [3.05, 3.63) is 162 Å². The van der Waals surface area contributed by atoms with E-state index in [0.29, 0.717) is 0 Å². The number of hydrogen-bond acceptors (Lipinski definition) is 1. The van der Waals surface area contributed by atoms with Gasteiger partial charge in [-0.15, -0.1) is 0 Å². The molecular weight excluding hydrogens is 386 g/mol. The van der Waals surface area contributed by atoms with Crippen LogP contribution in [0.25, 0.3) is 22.3 Å². The Balaban J connectivity index is 1.76. The molecule has 152 valence electrons. The van der Waals surface area contributed by atoms with E-state index in [0.717, 1.165) is 11.1 Å². The van der Waals surface area contributed by atoms with Crippen LogP contribution in [0, 0.1) is 0 Å². The highest BCUT2D eigenvalue weighted by molar-refractivity contribution is 6.04. The molecule has 0 saturated carbocycles. The van der Waals surface area contributed by atoms with Crippen LogP contribution in [0.4, 0.5) is 0 Å². The van der Waals surface area contributed by atoms with Gasteiger partial charge in [0, 0.05) is 12.4 Å². The lowest BCUT2D eigenvalue weighted by molar-refractivity contribution is 1.33. The highest BCUT2D eigenvalue weighted by atomic mass is 14.6. The Morgan fingerprint density at radius 1 is 0.375 bits per heavy atom. The van der Waals surface area contributed by atoms with Crippen LogP contribution in [0.1, 0.15) is 22.3 Å². The van der Waals surface area contributed by atoms with Crippen LogP contribution in [-0.2, 0) is 0 Å². The second kappa shape index (κ2) is 9.28. The fourth-order valence-corrected chi connectivity index (χ4v) is 4.09. The highest BCUT2D eigenvalue weighted by Crippen LogP contribution is 2.37. The van der Waals surface area contributed by atoms with Gasteiger partial charge < -0.3 is 0 Å². The van der Waals surface area contributed by atoms with E-state index in [1.807, 2.05) is 12.3 Å². The van der Waals surface area contributed by atoms with E-state index in [4.69, 9.17) is 0 Å². The minimum Gasteiger partial charge on any atom is -0.264 e. The molecule has 0 bridgehead atoms. The molecule has 0 aliphatic heterocycles. The predicted octanol–water partition coefficient (Wildman–Crippen LogP) is 7.76. The average molecular weight is 410 g/mol. The van der Waals surface area contributed by atoms with E-state index in [-0.39, 0.29) is 0 Å². The minimum atomic E-state index is 1.12. The Hall–Kier alpha value is -4.23. The van der Waals surface area contributed by atoms with Gasteiger partial charge >= 0.3 is 0 Å². The Bertz CT molecular complexity index is 1260. The van der Waals surface area contributed by atoms with Gasteiger partial charge in [-0.25, -0.2) is 0 Å². The SMILES string of the molecule is c1ccc(C(=C(c2ccccc2)c2ccc(-c3cccnc3)cc2)c2ccccc2)cc1. The van der Waals surface area contributed by atoms with Crippen LogP contribution in [0.5, 0.6) is 0 Å². The number of hydrogen-bond donors (Lipinski definition) is 0. The summed E-state index contributed by atoms with van der Waals surface area (Å²) in [4.78, 5) is 4.26. The fourth-order valence-electron chi connectivity index (χ4n) is 4.09. The van der Waals surface area contributed by atoms with E-state index in [1.165, 1.54) is 33.4 Å². The van der Waals surface area contributed by atoms with E-state index in [9.17, 15) is 0 Å². The molecule has 1 nitrogen and oxygen atoms in total.